The number of nitrogens with two attached hydrogens (primary N) is 1. The first-order chi connectivity index (χ1) is 7.59. The molecule has 0 spiro atoms. The molecule has 4 nitrogen and oxygen atoms in total. The number of aliphatic carboxylic acids is 1. The lowest BCUT2D eigenvalue weighted by molar-refractivity contribution is -0.140. The van der Waals surface area contributed by atoms with Crippen LogP contribution in [0, 0.1) is 5.92 Å². The van der Waals surface area contributed by atoms with Crippen molar-refractivity contribution in [2.24, 2.45) is 5.92 Å². The molecule has 16 heavy (non-hydrogen) atoms. The molecule has 2 rings (SSSR count). The van der Waals surface area contributed by atoms with Crippen LogP contribution < -0.4 is 10.6 Å². The van der Waals surface area contributed by atoms with E-state index >= 15 is 0 Å². The molecule has 1 aromatic rings. The number of hydrogen-bond acceptors (Lipinski definition) is 3. The molecule has 0 fully saturated rings. The van der Waals surface area contributed by atoms with E-state index in [4.69, 9.17) is 10.8 Å². The van der Waals surface area contributed by atoms with Gasteiger partial charge in [0, 0.05) is 13.1 Å². The number of hydrogen-bond donors (Lipinski definition) is 2. The molecule has 1 atom stereocenters. The van der Waals surface area contributed by atoms with E-state index in [1.807, 2.05) is 12.1 Å². The van der Waals surface area contributed by atoms with Gasteiger partial charge in [0.15, 0.2) is 0 Å². The van der Waals surface area contributed by atoms with Gasteiger partial charge in [-0.25, -0.2) is 0 Å². The molecule has 0 aromatic heterocycles. The first-order valence-corrected chi connectivity index (χ1v) is 5.44. The maximum Gasteiger partial charge on any atom is 0.308 e. The zero-order chi connectivity index (χ0) is 11.7. The van der Waals surface area contributed by atoms with Gasteiger partial charge < -0.3 is 15.7 Å². The van der Waals surface area contributed by atoms with E-state index < -0.39 is 5.97 Å². The van der Waals surface area contributed by atoms with Crippen molar-refractivity contribution < 1.29 is 9.90 Å². The average Bonchev–Trinajstić information content (AvgIpc) is 2.63. The predicted molar refractivity (Wildman–Crippen MR) is 63.6 cm³/mol. The first kappa shape index (κ1) is 10.8. The van der Waals surface area contributed by atoms with Crippen LogP contribution in [0.5, 0.6) is 0 Å². The van der Waals surface area contributed by atoms with Crippen LogP contribution in [0.25, 0.3) is 0 Å². The molecule has 0 amide bonds. The molecule has 1 aliphatic heterocycles. The second-order valence-corrected chi connectivity index (χ2v) is 4.29. The fourth-order valence-electron chi connectivity index (χ4n) is 2.16. The molecule has 1 aromatic carbocycles. The summed E-state index contributed by atoms with van der Waals surface area (Å²) in [5.41, 5.74) is 8.91. The van der Waals surface area contributed by atoms with Gasteiger partial charge in [0.05, 0.1) is 17.3 Å². The maximum absolute atomic E-state index is 10.8. The minimum atomic E-state index is -0.761. The van der Waals surface area contributed by atoms with Crippen molar-refractivity contribution in [2.75, 3.05) is 23.7 Å². The number of carboxylic acids is 1. The molecule has 1 unspecified atom stereocenters. The van der Waals surface area contributed by atoms with Gasteiger partial charge in [-0.3, -0.25) is 4.79 Å². The zero-order valence-corrected chi connectivity index (χ0v) is 9.31. The molecule has 3 N–H and O–H groups in total. The molecule has 1 aliphatic rings. The predicted octanol–water partition coefficient (Wildman–Crippen LogP) is 1.35. The van der Waals surface area contributed by atoms with Crippen LogP contribution in [0.2, 0.25) is 0 Å². The van der Waals surface area contributed by atoms with Gasteiger partial charge in [0.2, 0.25) is 0 Å². The molecule has 0 radical (unpaired) electrons. The number of nitrogen functional groups attached to an aromatic ring is 1. The highest BCUT2D eigenvalue weighted by Gasteiger charge is 2.24. The van der Waals surface area contributed by atoms with Crippen LogP contribution in [-0.2, 0) is 11.2 Å². The SMILES string of the molecule is CC(CN1CCc2cccc(N)c21)C(=O)O. The van der Waals surface area contributed by atoms with Crippen molar-refractivity contribution >= 4 is 17.3 Å². The molecule has 0 saturated heterocycles. The van der Waals surface area contributed by atoms with Crippen LogP contribution in [0.1, 0.15) is 12.5 Å². The van der Waals surface area contributed by atoms with Gasteiger partial charge >= 0.3 is 5.97 Å². The smallest absolute Gasteiger partial charge is 0.308 e. The second kappa shape index (κ2) is 4.04. The Morgan fingerprint density at radius 3 is 3.06 bits per heavy atom. The highest BCUT2D eigenvalue weighted by Crippen LogP contribution is 2.33. The summed E-state index contributed by atoms with van der Waals surface area (Å²) in [5, 5.41) is 8.90. The third-order valence-corrected chi connectivity index (χ3v) is 3.03. The van der Waals surface area contributed by atoms with Crippen LogP contribution in [0.3, 0.4) is 0 Å². The monoisotopic (exact) mass is 220 g/mol. The Balaban J connectivity index is 2.20. The standard InChI is InChI=1S/C12H16N2O2/c1-8(12(15)16)7-14-6-5-9-3-2-4-10(13)11(9)14/h2-4,8H,5-7,13H2,1H3,(H,15,16). The van der Waals surface area contributed by atoms with Crippen molar-refractivity contribution in [3.63, 3.8) is 0 Å². The van der Waals surface area contributed by atoms with E-state index in [1.165, 1.54) is 5.56 Å². The topological polar surface area (TPSA) is 66.6 Å². The van der Waals surface area contributed by atoms with Gasteiger partial charge in [-0.05, 0) is 18.1 Å². The lowest BCUT2D eigenvalue weighted by atomic mass is 10.1. The van der Waals surface area contributed by atoms with E-state index in [9.17, 15) is 4.79 Å². The Morgan fingerprint density at radius 1 is 1.62 bits per heavy atom. The van der Waals surface area contributed by atoms with Gasteiger partial charge in [-0.1, -0.05) is 19.1 Å². The number of fused-ring (bicyclic) bond motifs is 1. The Kier molecular flexibility index (Phi) is 2.73. The number of carboxylic acid groups (broad SMARTS) is 1. The van der Waals surface area contributed by atoms with Gasteiger partial charge in [-0.15, -0.1) is 0 Å². The summed E-state index contributed by atoms with van der Waals surface area (Å²) in [6.45, 7) is 3.11. The number of rotatable bonds is 3. The summed E-state index contributed by atoms with van der Waals surface area (Å²) in [4.78, 5) is 12.9. The van der Waals surface area contributed by atoms with E-state index in [1.54, 1.807) is 6.92 Å². The summed E-state index contributed by atoms with van der Waals surface area (Å²) in [6, 6.07) is 5.86. The molecule has 0 bridgehead atoms. The molecular weight excluding hydrogens is 204 g/mol. The first-order valence-electron chi connectivity index (χ1n) is 5.44. The number of benzene rings is 1. The van der Waals surface area contributed by atoms with E-state index in [0.717, 1.165) is 24.3 Å². The highest BCUT2D eigenvalue weighted by molar-refractivity contribution is 5.76. The van der Waals surface area contributed by atoms with Crippen LogP contribution in [0.4, 0.5) is 11.4 Å². The summed E-state index contributed by atoms with van der Waals surface area (Å²) >= 11 is 0. The summed E-state index contributed by atoms with van der Waals surface area (Å²) < 4.78 is 0. The van der Waals surface area contributed by atoms with Crippen molar-refractivity contribution in [1.82, 2.24) is 0 Å². The molecule has 1 heterocycles. The molecule has 0 saturated carbocycles. The minimum absolute atomic E-state index is 0.370. The average molecular weight is 220 g/mol. The Hall–Kier alpha value is -1.71. The van der Waals surface area contributed by atoms with Crippen LogP contribution in [-0.4, -0.2) is 24.2 Å². The van der Waals surface area contributed by atoms with E-state index in [-0.39, 0.29) is 5.92 Å². The van der Waals surface area contributed by atoms with Crippen LogP contribution >= 0.6 is 0 Å². The Labute approximate surface area is 94.7 Å². The molecule has 4 heteroatoms. The summed E-state index contributed by atoms with van der Waals surface area (Å²) in [5.74, 6) is -1.13. The fraction of sp³-hybridized carbons (Fsp3) is 0.417. The van der Waals surface area contributed by atoms with Gasteiger partial charge in [-0.2, -0.15) is 0 Å². The zero-order valence-electron chi connectivity index (χ0n) is 9.31. The Morgan fingerprint density at radius 2 is 2.38 bits per heavy atom. The van der Waals surface area contributed by atoms with Gasteiger partial charge in [0.1, 0.15) is 0 Å². The third-order valence-electron chi connectivity index (χ3n) is 3.03. The van der Waals surface area contributed by atoms with E-state index in [2.05, 4.69) is 11.0 Å². The molecule has 86 valence electrons. The number of anilines is 2. The highest BCUT2D eigenvalue weighted by atomic mass is 16.4. The maximum atomic E-state index is 10.8. The summed E-state index contributed by atoms with van der Waals surface area (Å²) in [6.07, 6.45) is 0.951. The molecular formula is C12H16N2O2. The molecule has 0 aliphatic carbocycles. The number of para-hydroxylation sites is 1. The van der Waals surface area contributed by atoms with Gasteiger partial charge in [0.25, 0.3) is 0 Å². The lowest BCUT2D eigenvalue weighted by Gasteiger charge is -2.22. The van der Waals surface area contributed by atoms with Crippen molar-refractivity contribution in [3.8, 4) is 0 Å². The van der Waals surface area contributed by atoms with E-state index in [0.29, 0.717) is 6.54 Å². The third kappa shape index (κ3) is 1.83. The lowest BCUT2D eigenvalue weighted by Crippen LogP contribution is -2.30. The van der Waals surface area contributed by atoms with Crippen LogP contribution in [0.15, 0.2) is 18.2 Å². The Bertz CT molecular complexity index is 417. The fourth-order valence-corrected chi connectivity index (χ4v) is 2.16. The van der Waals surface area contributed by atoms with Crippen molar-refractivity contribution in [3.05, 3.63) is 23.8 Å². The quantitative estimate of drug-likeness (QED) is 0.755. The second-order valence-electron chi connectivity index (χ2n) is 4.29. The summed E-state index contributed by atoms with van der Waals surface area (Å²) in [7, 11) is 0. The normalized spacial score (nSPS) is 15.9. The largest absolute Gasteiger partial charge is 0.481 e. The van der Waals surface area contributed by atoms with Crippen molar-refractivity contribution in [2.45, 2.75) is 13.3 Å². The number of nitrogens with zero attached hydrogens (tertiary/aromatic N) is 1. The number of carbonyl (C=O) groups is 1. The minimum Gasteiger partial charge on any atom is -0.481 e. The van der Waals surface area contributed by atoms with Crippen molar-refractivity contribution in [1.29, 1.82) is 0 Å².